The summed E-state index contributed by atoms with van der Waals surface area (Å²) in [7, 11) is 0. The van der Waals surface area contributed by atoms with E-state index in [9.17, 15) is 0 Å². The first-order chi connectivity index (χ1) is 11.3. The van der Waals surface area contributed by atoms with Crippen LogP contribution < -0.4 is 0 Å². The number of hydrogen-bond donors (Lipinski definition) is 0. The fraction of sp³-hybridized carbons (Fsp3) is 0. The molecule has 4 rings (SSSR count). The van der Waals surface area contributed by atoms with Crippen LogP contribution in [-0.2, 0) is 0 Å². The fourth-order valence-electron chi connectivity index (χ4n) is 2.90. The minimum absolute atomic E-state index is 0.644. The van der Waals surface area contributed by atoms with Crippen molar-refractivity contribution in [2.45, 2.75) is 0 Å². The van der Waals surface area contributed by atoms with Crippen LogP contribution in [0.2, 0.25) is 5.02 Å². The molecule has 0 atom stereocenters. The van der Waals surface area contributed by atoms with Crippen molar-refractivity contribution in [1.82, 2.24) is 4.98 Å². The summed E-state index contributed by atoms with van der Waals surface area (Å²) in [6.45, 7) is 7.46. The van der Waals surface area contributed by atoms with E-state index in [2.05, 4.69) is 15.9 Å². The number of rotatable bonds is 1. The van der Waals surface area contributed by atoms with E-state index in [0.717, 1.165) is 32.8 Å². The number of nitrogens with zero attached hydrogens (tertiary/aromatic N) is 2. The van der Waals surface area contributed by atoms with Gasteiger partial charge in [0.1, 0.15) is 0 Å². The summed E-state index contributed by atoms with van der Waals surface area (Å²) >= 11 is 6.08. The van der Waals surface area contributed by atoms with Crippen molar-refractivity contribution in [3.8, 4) is 11.3 Å². The van der Waals surface area contributed by atoms with Crippen LogP contribution in [0.25, 0.3) is 37.6 Å². The van der Waals surface area contributed by atoms with E-state index in [1.165, 1.54) is 0 Å². The maximum absolute atomic E-state index is 7.46. The minimum atomic E-state index is 0.644. The standard InChI is InChI=1S/C20H11ClN2/c1-22-19-12-15(10-13-4-2-3-5-17(13)19)20-18-7-6-16(21)11-14(18)8-9-23-20/h2-12H. The van der Waals surface area contributed by atoms with Crippen LogP contribution in [0.1, 0.15) is 0 Å². The molecule has 4 aromatic rings. The van der Waals surface area contributed by atoms with Gasteiger partial charge in [0.05, 0.1) is 12.3 Å². The molecule has 0 unspecified atom stereocenters. The Bertz CT molecular complexity index is 1090. The van der Waals surface area contributed by atoms with Gasteiger partial charge in [0, 0.05) is 16.6 Å². The Morgan fingerprint density at radius 2 is 1.70 bits per heavy atom. The van der Waals surface area contributed by atoms with Gasteiger partial charge in [-0.1, -0.05) is 41.9 Å². The average Bonchev–Trinajstić information content (AvgIpc) is 2.60. The van der Waals surface area contributed by atoms with Gasteiger partial charge in [0.2, 0.25) is 0 Å². The Balaban J connectivity index is 2.05. The van der Waals surface area contributed by atoms with Gasteiger partial charge in [-0.25, -0.2) is 4.85 Å². The molecule has 0 spiro atoms. The quantitative estimate of drug-likeness (QED) is 0.379. The zero-order chi connectivity index (χ0) is 15.8. The van der Waals surface area contributed by atoms with Crippen molar-refractivity contribution >= 4 is 38.8 Å². The summed E-state index contributed by atoms with van der Waals surface area (Å²) in [6.07, 6.45) is 1.78. The van der Waals surface area contributed by atoms with E-state index >= 15 is 0 Å². The SMILES string of the molecule is [C-]#[N+]c1cc(-c2nccc3cc(Cl)ccc23)cc2ccccc12. The van der Waals surface area contributed by atoms with Crippen molar-refractivity contribution < 1.29 is 0 Å². The van der Waals surface area contributed by atoms with E-state index in [-0.39, 0.29) is 0 Å². The summed E-state index contributed by atoms with van der Waals surface area (Å²) in [4.78, 5) is 8.22. The molecule has 3 heteroatoms. The molecule has 0 saturated heterocycles. The first-order valence-corrected chi connectivity index (χ1v) is 7.59. The lowest BCUT2D eigenvalue weighted by molar-refractivity contribution is 1.36. The maximum atomic E-state index is 7.46. The topological polar surface area (TPSA) is 17.2 Å². The predicted molar refractivity (Wildman–Crippen MR) is 96.0 cm³/mol. The molecule has 0 fully saturated rings. The Labute approximate surface area is 138 Å². The Morgan fingerprint density at radius 3 is 2.57 bits per heavy atom. The van der Waals surface area contributed by atoms with Gasteiger partial charge < -0.3 is 0 Å². The minimum Gasteiger partial charge on any atom is -0.256 e. The molecule has 0 saturated carbocycles. The molecule has 0 radical (unpaired) electrons. The molecule has 1 aromatic heterocycles. The molecule has 0 bridgehead atoms. The van der Waals surface area contributed by atoms with Gasteiger partial charge in [-0.05, 0) is 52.1 Å². The molecule has 23 heavy (non-hydrogen) atoms. The highest BCUT2D eigenvalue weighted by molar-refractivity contribution is 6.31. The van der Waals surface area contributed by atoms with E-state index < -0.39 is 0 Å². The largest absolute Gasteiger partial charge is 0.256 e. The van der Waals surface area contributed by atoms with E-state index in [1.54, 1.807) is 6.20 Å². The van der Waals surface area contributed by atoms with Crippen molar-refractivity contribution in [2.24, 2.45) is 0 Å². The predicted octanol–water partition coefficient (Wildman–Crippen LogP) is 6.26. The molecule has 0 N–H and O–H groups in total. The van der Waals surface area contributed by atoms with Gasteiger partial charge in [-0.15, -0.1) is 0 Å². The third kappa shape index (κ3) is 2.32. The monoisotopic (exact) mass is 314 g/mol. The number of hydrogen-bond acceptors (Lipinski definition) is 1. The number of aromatic nitrogens is 1. The van der Waals surface area contributed by atoms with Crippen molar-refractivity contribution in [2.75, 3.05) is 0 Å². The van der Waals surface area contributed by atoms with Gasteiger partial charge in [0.15, 0.2) is 5.69 Å². The molecule has 1 heterocycles. The van der Waals surface area contributed by atoms with Crippen LogP contribution in [0, 0.1) is 6.57 Å². The molecule has 108 valence electrons. The van der Waals surface area contributed by atoms with Gasteiger partial charge in [-0.3, -0.25) is 4.98 Å². The second kappa shape index (κ2) is 5.39. The molecule has 3 aromatic carbocycles. The normalized spacial score (nSPS) is 10.8. The molecular weight excluding hydrogens is 304 g/mol. The molecule has 0 aliphatic heterocycles. The lowest BCUT2D eigenvalue weighted by Crippen LogP contribution is -1.87. The number of halogens is 1. The first-order valence-electron chi connectivity index (χ1n) is 7.21. The highest BCUT2D eigenvalue weighted by Gasteiger charge is 2.09. The lowest BCUT2D eigenvalue weighted by Gasteiger charge is -2.09. The van der Waals surface area contributed by atoms with Crippen molar-refractivity contribution in [1.29, 1.82) is 0 Å². The lowest BCUT2D eigenvalue weighted by atomic mass is 9.99. The Kier molecular flexibility index (Phi) is 3.22. The van der Waals surface area contributed by atoms with Crippen LogP contribution >= 0.6 is 11.6 Å². The van der Waals surface area contributed by atoms with Crippen molar-refractivity contribution in [3.05, 3.63) is 83.3 Å². The summed E-state index contributed by atoms with van der Waals surface area (Å²) < 4.78 is 0. The summed E-state index contributed by atoms with van der Waals surface area (Å²) in [5.41, 5.74) is 2.46. The van der Waals surface area contributed by atoms with Crippen LogP contribution in [0.15, 0.2) is 66.9 Å². The summed E-state index contributed by atoms with van der Waals surface area (Å²) in [5, 5.41) is 4.79. The van der Waals surface area contributed by atoms with E-state index in [1.807, 2.05) is 54.6 Å². The van der Waals surface area contributed by atoms with Gasteiger partial charge in [-0.2, -0.15) is 0 Å². The van der Waals surface area contributed by atoms with E-state index in [4.69, 9.17) is 18.2 Å². The third-order valence-electron chi connectivity index (χ3n) is 3.96. The number of benzene rings is 3. The molecule has 0 aliphatic carbocycles. The Hall–Kier alpha value is -2.89. The third-order valence-corrected chi connectivity index (χ3v) is 4.20. The van der Waals surface area contributed by atoms with Crippen LogP contribution in [0.5, 0.6) is 0 Å². The zero-order valence-electron chi connectivity index (χ0n) is 12.1. The zero-order valence-corrected chi connectivity index (χ0v) is 12.9. The van der Waals surface area contributed by atoms with Crippen LogP contribution in [-0.4, -0.2) is 4.98 Å². The second-order valence-electron chi connectivity index (χ2n) is 5.35. The van der Waals surface area contributed by atoms with Gasteiger partial charge in [0.25, 0.3) is 0 Å². The molecular formula is C20H11ClN2. The highest BCUT2D eigenvalue weighted by Crippen LogP contribution is 2.35. The maximum Gasteiger partial charge on any atom is 0.195 e. The first kappa shape index (κ1) is 13.8. The van der Waals surface area contributed by atoms with Gasteiger partial charge >= 0.3 is 0 Å². The highest BCUT2D eigenvalue weighted by atomic mass is 35.5. The molecule has 0 amide bonds. The number of pyridine rings is 1. The second-order valence-corrected chi connectivity index (χ2v) is 5.79. The fourth-order valence-corrected chi connectivity index (χ4v) is 3.08. The summed E-state index contributed by atoms with van der Waals surface area (Å²) in [6, 6.07) is 19.6. The Morgan fingerprint density at radius 1 is 0.870 bits per heavy atom. The van der Waals surface area contributed by atoms with Crippen LogP contribution in [0.4, 0.5) is 5.69 Å². The van der Waals surface area contributed by atoms with E-state index in [0.29, 0.717) is 10.7 Å². The van der Waals surface area contributed by atoms with Crippen LogP contribution in [0.3, 0.4) is 0 Å². The number of fused-ring (bicyclic) bond motifs is 2. The molecule has 0 aliphatic rings. The van der Waals surface area contributed by atoms with Crippen molar-refractivity contribution in [3.63, 3.8) is 0 Å². The summed E-state index contributed by atoms with van der Waals surface area (Å²) in [5.74, 6) is 0. The average molecular weight is 315 g/mol. The molecule has 2 nitrogen and oxygen atoms in total. The smallest absolute Gasteiger partial charge is 0.195 e.